The van der Waals surface area contributed by atoms with Crippen molar-refractivity contribution in [1.82, 2.24) is 10.2 Å². The van der Waals surface area contributed by atoms with Gasteiger partial charge in [-0.15, -0.1) is 0 Å². The topological polar surface area (TPSA) is 41.6 Å². The number of hydrogen-bond acceptors (Lipinski definition) is 4. The van der Waals surface area contributed by atoms with Crippen LogP contribution in [0.3, 0.4) is 0 Å². The van der Waals surface area contributed by atoms with Crippen LogP contribution in [-0.4, -0.2) is 60.7 Å². The van der Waals surface area contributed by atoms with Crippen molar-refractivity contribution < 1.29 is 9.53 Å². The maximum atomic E-state index is 12.7. The zero-order chi connectivity index (χ0) is 14.4. The Bertz CT molecular complexity index is 302. The van der Waals surface area contributed by atoms with Gasteiger partial charge in [0.2, 0.25) is 5.91 Å². The van der Waals surface area contributed by atoms with Gasteiger partial charge in [0.25, 0.3) is 0 Å². The monoisotopic (exact) mass is 300 g/mol. The highest BCUT2D eigenvalue weighted by Crippen LogP contribution is 2.25. The summed E-state index contributed by atoms with van der Waals surface area (Å²) in [4.78, 5) is 14.9. The Kier molecular flexibility index (Phi) is 6.65. The fraction of sp³-hybridized carbons (Fsp3) is 0.933. The van der Waals surface area contributed by atoms with Crippen molar-refractivity contribution >= 4 is 17.7 Å². The first-order valence-corrected chi connectivity index (χ1v) is 9.08. The van der Waals surface area contributed by atoms with E-state index >= 15 is 0 Å². The van der Waals surface area contributed by atoms with Gasteiger partial charge in [-0.2, -0.15) is 11.8 Å². The summed E-state index contributed by atoms with van der Waals surface area (Å²) >= 11 is 1.97. The summed E-state index contributed by atoms with van der Waals surface area (Å²) in [5.74, 6) is 2.63. The van der Waals surface area contributed by atoms with Gasteiger partial charge < -0.3 is 15.0 Å². The maximum absolute atomic E-state index is 12.7. The van der Waals surface area contributed by atoms with Gasteiger partial charge in [-0.05, 0) is 31.6 Å². The van der Waals surface area contributed by atoms with E-state index < -0.39 is 0 Å². The fourth-order valence-electron chi connectivity index (χ4n) is 2.93. The predicted molar refractivity (Wildman–Crippen MR) is 84.1 cm³/mol. The molecule has 0 aromatic carbocycles. The molecule has 1 N–H and O–H groups in total. The molecule has 4 nitrogen and oxygen atoms in total. The predicted octanol–water partition coefficient (Wildman–Crippen LogP) is 1.75. The lowest BCUT2D eigenvalue weighted by molar-refractivity contribution is -0.138. The number of thioether (sulfide) groups is 1. The zero-order valence-corrected chi connectivity index (χ0v) is 13.6. The van der Waals surface area contributed by atoms with Crippen LogP contribution in [0.2, 0.25) is 0 Å². The van der Waals surface area contributed by atoms with E-state index in [-0.39, 0.29) is 12.0 Å². The van der Waals surface area contributed by atoms with Crippen LogP contribution in [0.1, 0.15) is 33.1 Å². The molecule has 0 spiro atoms. The second-order valence-corrected chi connectivity index (χ2v) is 7.00. The van der Waals surface area contributed by atoms with Crippen LogP contribution in [0.15, 0.2) is 0 Å². The number of nitrogens with zero attached hydrogens (tertiary/aromatic N) is 1. The van der Waals surface area contributed by atoms with Gasteiger partial charge in [-0.1, -0.05) is 13.8 Å². The van der Waals surface area contributed by atoms with Crippen LogP contribution < -0.4 is 5.32 Å². The highest BCUT2D eigenvalue weighted by atomic mass is 32.2. The van der Waals surface area contributed by atoms with Crippen molar-refractivity contribution in [2.24, 2.45) is 5.92 Å². The second kappa shape index (κ2) is 8.25. The molecule has 0 aromatic rings. The Balaban J connectivity index is 1.94. The van der Waals surface area contributed by atoms with E-state index in [2.05, 4.69) is 17.1 Å². The molecule has 0 aromatic heterocycles. The molecule has 3 atom stereocenters. The molecule has 2 heterocycles. The summed E-state index contributed by atoms with van der Waals surface area (Å²) in [6, 6.07) is 0.417. The standard InChI is InChI=1S/C15H28N2O2S/c1-3-16-9-12(2)15(18)17(13-6-8-20-11-13)10-14-5-4-7-19-14/h12-14,16H,3-11H2,1-2H3. The SMILES string of the molecule is CCNCC(C)C(=O)N(CC1CCCO1)C1CCSC1. The van der Waals surface area contributed by atoms with Gasteiger partial charge in [0.1, 0.15) is 0 Å². The zero-order valence-electron chi connectivity index (χ0n) is 12.8. The van der Waals surface area contributed by atoms with E-state index in [0.29, 0.717) is 11.9 Å². The molecule has 0 saturated carbocycles. The van der Waals surface area contributed by atoms with Crippen molar-refractivity contribution in [2.45, 2.75) is 45.3 Å². The normalized spacial score (nSPS) is 27.7. The number of hydrogen-bond donors (Lipinski definition) is 1. The van der Waals surface area contributed by atoms with Crippen molar-refractivity contribution in [3.8, 4) is 0 Å². The first-order valence-electron chi connectivity index (χ1n) is 7.93. The highest BCUT2D eigenvalue weighted by Gasteiger charge is 2.32. The number of carbonyl (C=O) groups is 1. The van der Waals surface area contributed by atoms with Crippen molar-refractivity contribution in [3.05, 3.63) is 0 Å². The molecule has 2 fully saturated rings. The summed E-state index contributed by atoms with van der Waals surface area (Å²) in [5.41, 5.74) is 0. The summed E-state index contributed by atoms with van der Waals surface area (Å²) in [6.45, 7) is 7.46. The molecule has 1 amide bonds. The summed E-state index contributed by atoms with van der Waals surface area (Å²) in [5, 5.41) is 3.28. The molecule has 2 aliphatic rings. The van der Waals surface area contributed by atoms with Crippen molar-refractivity contribution in [3.63, 3.8) is 0 Å². The Morgan fingerprint density at radius 3 is 2.95 bits per heavy atom. The minimum absolute atomic E-state index is 0.0574. The second-order valence-electron chi connectivity index (χ2n) is 5.85. The molecular weight excluding hydrogens is 272 g/mol. The third kappa shape index (κ3) is 4.37. The van der Waals surface area contributed by atoms with Crippen LogP contribution in [0, 0.1) is 5.92 Å². The molecule has 0 radical (unpaired) electrons. The van der Waals surface area contributed by atoms with Gasteiger partial charge >= 0.3 is 0 Å². The molecule has 5 heteroatoms. The minimum atomic E-state index is 0.0574. The first-order chi connectivity index (χ1) is 9.72. The van der Waals surface area contributed by atoms with E-state index in [1.807, 2.05) is 18.7 Å². The minimum Gasteiger partial charge on any atom is -0.376 e. The average molecular weight is 300 g/mol. The molecule has 0 bridgehead atoms. The molecule has 2 rings (SSSR count). The average Bonchev–Trinajstić information content (AvgIpc) is 3.13. The largest absolute Gasteiger partial charge is 0.376 e. The number of amides is 1. The molecular formula is C15H28N2O2S. The summed E-state index contributed by atoms with van der Waals surface area (Å²) < 4.78 is 5.74. The molecule has 2 saturated heterocycles. The van der Waals surface area contributed by atoms with Crippen molar-refractivity contribution in [1.29, 1.82) is 0 Å². The van der Waals surface area contributed by atoms with Crippen LogP contribution in [-0.2, 0) is 9.53 Å². The lowest BCUT2D eigenvalue weighted by atomic mass is 10.1. The van der Waals surface area contributed by atoms with Crippen LogP contribution in [0.25, 0.3) is 0 Å². The van der Waals surface area contributed by atoms with Gasteiger partial charge in [0.15, 0.2) is 0 Å². The molecule has 116 valence electrons. The smallest absolute Gasteiger partial charge is 0.227 e. The lowest BCUT2D eigenvalue weighted by Crippen LogP contribution is -2.48. The summed E-state index contributed by atoms with van der Waals surface area (Å²) in [6.07, 6.45) is 3.64. The Morgan fingerprint density at radius 1 is 1.50 bits per heavy atom. The summed E-state index contributed by atoms with van der Waals surface area (Å²) in [7, 11) is 0. The third-order valence-electron chi connectivity index (χ3n) is 4.18. The van der Waals surface area contributed by atoms with E-state index in [1.165, 1.54) is 5.75 Å². The Hall–Kier alpha value is -0.260. The van der Waals surface area contributed by atoms with Gasteiger partial charge in [0, 0.05) is 37.4 Å². The lowest BCUT2D eigenvalue weighted by Gasteiger charge is -2.33. The number of carbonyl (C=O) groups excluding carboxylic acids is 1. The van der Waals surface area contributed by atoms with E-state index in [0.717, 1.165) is 51.3 Å². The number of rotatable bonds is 7. The van der Waals surface area contributed by atoms with Crippen LogP contribution in [0.4, 0.5) is 0 Å². The van der Waals surface area contributed by atoms with Crippen LogP contribution in [0.5, 0.6) is 0 Å². The molecule has 2 aliphatic heterocycles. The van der Waals surface area contributed by atoms with Crippen molar-refractivity contribution in [2.75, 3.05) is 37.7 Å². The third-order valence-corrected chi connectivity index (χ3v) is 5.32. The highest BCUT2D eigenvalue weighted by molar-refractivity contribution is 7.99. The first kappa shape index (κ1) is 16.1. The number of ether oxygens (including phenoxy) is 1. The van der Waals surface area contributed by atoms with Gasteiger partial charge in [0.05, 0.1) is 6.10 Å². The van der Waals surface area contributed by atoms with Crippen LogP contribution >= 0.6 is 11.8 Å². The Morgan fingerprint density at radius 2 is 2.35 bits per heavy atom. The van der Waals surface area contributed by atoms with E-state index in [9.17, 15) is 4.79 Å². The van der Waals surface area contributed by atoms with E-state index in [4.69, 9.17) is 4.74 Å². The fourth-order valence-corrected chi connectivity index (χ4v) is 4.15. The van der Waals surface area contributed by atoms with Gasteiger partial charge in [-0.25, -0.2) is 0 Å². The van der Waals surface area contributed by atoms with Gasteiger partial charge in [-0.3, -0.25) is 4.79 Å². The molecule has 20 heavy (non-hydrogen) atoms. The molecule has 3 unspecified atom stereocenters. The number of nitrogens with one attached hydrogen (secondary N) is 1. The quantitative estimate of drug-likeness (QED) is 0.778. The molecule has 0 aliphatic carbocycles. The van der Waals surface area contributed by atoms with E-state index in [1.54, 1.807) is 0 Å². The Labute approximate surface area is 127 Å². The maximum Gasteiger partial charge on any atom is 0.227 e.